The van der Waals surface area contributed by atoms with E-state index in [2.05, 4.69) is 112 Å². The third-order valence-electron chi connectivity index (χ3n) is 4.95. The summed E-state index contributed by atoms with van der Waals surface area (Å²) in [5.74, 6) is 0. The monoisotopic (exact) mass is 493 g/mol. The predicted octanol–water partition coefficient (Wildman–Crippen LogP) is 5.67. The van der Waals surface area contributed by atoms with Gasteiger partial charge in [-0.3, -0.25) is 0 Å². The van der Waals surface area contributed by atoms with Gasteiger partial charge in [0.2, 0.25) is 9.04 Å². The average Bonchev–Trinajstić information content (AvgIpc) is 2.34. The zero-order chi connectivity index (χ0) is 18.1. The summed E-state index contributed by atoms with van der Waals surface area (Å²) in [5, 5.41) is 1.49. The van der Waals surface area contributed by atoms with Gasteiger partial charge in [-0.2, -0.15) is 0 Å². The minimum absolute atomic E-state index is 0.476. The molecule has 0 atom stereocenters. The Labute approximate surface area is 162 Å². The summed E-state index contributed by atoms with van der Waals surface area (Å²) in [6, 6.07) is 11.2. The lowest BCUT2D eigenvalue weighted by molar-refractivity contribution is 0.415. The highest BCUT2D eigenvalue weighted by atomic mass is 127. The number of rotatable bonds is 7. The molecule has 0 fully saturated rings. The fraction of sp³-hybridized carbons (Fsp3) is 0.647. The molecule has 0 amide bonds. The van der Waals surface area contributed by atoms with E-state index in [0.29, 0.717) is 3.91 Å². The Morgan fingerprint density at radius 3 is 1.52 bits per heavy atom. The fourth-order valence-electron chi connectivity index (χ4n) is 5.45. The summed E-state index contributed by atoms with van der Waals surface area (Å²) in [7, 11) is -5.42. The number of alkyl halides is 1. The second-order valence-electron chi connectivity index (χ2n) is 9.45. The van der Waals surface area contributed by atoms with E-state index in [-0.39, 0.29) is 0 Å². The molecule has 1 radical (unpaired) electrons. The van der Waals surface area contributed by atoms with Crippen LogP contribution in [0.5, 0.6) is 0 Å². The van der Waals surface area contributed by atoms with Crippen LogP contribution in [0.15, 0.2) is 30.3 Å². The van der Waals surface area contributed by atoms with Crippen molar-refractivity contribution >= 4 is 61.0 Å². The van der Waals surface area contributed by atoms with E-state index in [0.717, 1.165) is 4.61 Å². The average molecular weight is 494 g/mol. The normalized spacial score (nSPS) is 14.4. The maximum absolute atomic E-state index is 6.67. The first-order valence-electron chi connectivity index (χ1n) is 8.42. The van der Waals surface area contributed by atoms with Crippen molar-refractivity contribution in [3.05, 3.63) is 30.3 Å². The predicted molar refractivity (Wildman–Crippen MR) is 125 cm³/mol. The van der Waals surface area contributed by atoms with Gasteiger partial charge in [-0.1, -0.05) is 112 Å². The van der Waals surface area contributed by atoms with Gasteiger partial charge in [0.25, 0.3) is 0 Å². The van der Waals surface area contributed by atoms with Gasteiger partial charge in [-0.05, 0) is 9.09 Å². The van der Waals surface area contributed by atoms with E-state index in [1.165, 1.54) is 5.19 Å². The number of hydrogen-bond donors (Lipinski definition) is 0. The SMILES string of the molecule is C[Si](C)(C)C([Si](OCI)c1ccccc1)([Si](C)(C)C)[Si](C)(C)C. The molecule has 0 saturated carbocycles. The number of halogens is 1. The zero-order valence-corrected chi connectivity index (χ0v) is 22.5. The molecule has 0 unspecified atom stereocenters. The quantitative estimate of drug-likeness (QED) is 0.270. The third kappa shape index (κ3) is 4.13. The topological polar surface area (TPSA) is 9.23 Å². The first-order valence-corrected chi connectivity index (χ1v) is 21.9. The molecular weight excluding hydrogens is 459 g/mol. The molecule has 1 rings (SSSR count). The molecule has 1 aromatic carbocycles. The maximum atomic E-state index is 6.67. The van der Waals surface area contributed by atoms with Crippen molar-refractivity contribution in [3.8, 4) is 0 Å². The zero-order valence-electron chi connectivity index (χ0n) is 16.4. The standard InChI is InChI=1S/C17H34IOSi4/c1-21(2,3)17(22(4,5)6,23(7,8)9)20(19-15-18)16-13-11-10-12-14-16/h10-14H,15H2,1-9H3. The highest BCUT2D eigenvalue weighted by Gasteiger charge is 2.65. The molecule has 0 N–H and O–H groups in total. The number of benzene rings is 1. The van der Waals surface area contributed by atoms with E-state index < -0.39 is 33.3 Å². The van der Waals surface area contributed by atoms with E-state index >= 15 is 0 Å². The lowest BCUT2D eigenvalue weighted by Crippen LogP contribution is -2.75. The van der Waals surface area contributed by atoms with Crippen LogP contribution < -0.4 is 5.19 Å². The highest BCUT2D eigenvalue weighted by Crippen LogP contribution is 2.55. The van der Waals surface area contributed by atoms with Gasteiger partial charge in [0.15, 0.2) is 0 Å². The summed E-state index contributed by atoms with van der Waals surface area (Å²) < 4.78 is 7.95. The van der Waals surface area contributed by atoms with Crippen molar-refractivity contribution in [2.45, 2.75) is 62.8 Å². The Balaban J connectivity index is 3.78. The Morgan fingerprint density at radius 1 is 0.826 bits per heavy atom. The Kier molecular flexibility index (Phi) is 7.18. The second kappa shape index (κ2) is 7.57. The van der Waals surface area contributed by atoms with Gasteiger partial charge < -0.3 is 4.43 Å². The van der Waals surface area contributed by atoms with Gasteiger partial charge in [0.05, 0.1) is 4.61 Å². The molecular formula is C17H34IOSi4. The largest absolute Gasteiger partial charge is 0.403 e. The molecule has 0 spiro atoms. The molecule has 0 aliphatic heterocycles. The molecule has 0 saturated heterocycles. The van der Waals surface area contributed by atoms with Crippen LogP contribution in [-0.2, 0) is 4.43 Å². The van der Waals surface area contributed by atoms with Crippen molar-refractivity contribution in [3.63, 3.8) is 0 Å². The smallest absolute Gasteiger partial charge is 0.246 e. The molecule has 0 aliphatic rings. The van der Waals surface area contributed by atoms with Crippen molar-refractivity contribution < 1.29 is 4.43 Å². The van der Waals surface area contributed by atoms with Gasteiger partial charge in [-0.15, -0.1) is 0 Å². The number of hydrogen-bond acceptors (Lipinski definition) is 1. The van der Waals surface area contributed by atoms with E-state index in [1.807, 2.05) is 0 Å². The molecule has 1 aromatic rings. The van der Waals surface area contributed by atoms with Crippen LogP contribution in [0.1, 0.15) is 0 Å². The molecule has 131 valence electrons. The third-order valence-corrected chi connectivity index (χ3v) is 36.9. The van der Waals surface area contributed by atoms with Gasteiger partial charge in [0, 0.05) is 24.2 Å². The Morgan fingerprint density at radius 2 is 1.22 bits per heavy atom. The lowest BCUT2D eigenvalue weighted by Gasteiger charge is -2.61. The van der Waals surface area contributed by atoms with Crippen LogP contribution in [0.25, 0.3) is 0 Å². The van der Waals surface area contributed by atoms with Crippen molar-refractivity contribution in [1.82, 2.24) is 0 Å². The van der Waals surface area contributed by atoms with Gasteiger partial charge >= 0.3 is 0 Å². The van der Waals surface area contributed by atoms with Crippen LogP contribution in [0.3, 0.4) is 0 Å². The summed E-state index contributed by atoms with van der Waals surface area (Å²) in [4.78, 5) is 0. The van der Waals surface area contributed by atoms with Crippen LogP contribution >= 0.6 is 22.6 Å². The first-order chi connectivity index (χ1) is 10.3. The molecule has 0 heterocycles. The van der Waals surface area contributed by atoms with Crippen LogP contribution in [-0.4, -0.2) is 37.9 Å². The fourth-order valence-corrected chi connectivity index (χ4v) is 44.9. The van der Waals surface area contributed by atoms with Crippen molar-refractivity contribution in [2.75, 3.05) is 4.61 Å². The second-order valence-corrected chi connectivity index (χ2v) is 31.1. The molecule has 0 aromatic heterocycles. The van der Waals surface area contributed by atoms with Crippen molar-refractivity contribution in [2.24, 2.45) is 0 Å². The summed E-state index contributed by atoms with van der Waals surface area (Å²) >= 11 is 2.40. The molecule has 1 nitrogen and oxygen atoms in total. The summed E-state index contributed by atoms with van der Waals surface area (Å²) in [6.45, 7) is 23.4. The van der Waals surface area contributed by atoms with E-state index in [1.54, 1.807) is 0 Å². The van der Waals surface area contributed by atoms with E-state index in [9.17, 15) is 0 Å². The molecule has 23 heavy (non-hydrogen) atoms. The minimum Gasteiger partial charge on any atom is -0.403 e. The highest BCUT2D eigenvalue weighted by molar-refractivity contribution is 14.1. The van der Waals surface area contributed by atoms with Crippen molar-refractivity contribution in [1.29, 1.82) is 0 Å². The minimum atomic E-state index is -1.45. The maximum Gasteiger partial charge on any atom is 0.246 e. The molecule has 6 heteroatoms. The van der Waals surface area contributed by atoms with Crippen LogP contribution in [0.4, 0.5) is 0 Å². The van der Waals surface area contributed by atoms with E-state index in [4.69, 9.17) is 4.43 Å². The summed E-state index contributed by atoms with van der Waals surface area (Å²) in [6.07, 6.45) is 0. The van der Waals surface area contributed by atoms with Gasteiger partial charge in [0.1, 0.15) is 0 Å². The molecule has 0 bridgehead atoms. The summed E-state index contributed by atoms with van der Waals surface area (Å²) in [5.41, 5.74) is 0. The van der Waals surface area contributed by atoms with Crippen LogP contribution in [0, 0.1) is 0 Å². The van der Waals surface area contributed by atoms with Gasteiger partial charge in [-0.25, -0.2) is 0 Å². The Hall–Kier alpha value is 0.778. The first kappa shape index (κ1) is 21.8. The molecule has 0 aliphatic carbocycles. The Bertz CT molecular complexity index is 464. The van der Waals surface area contributed by atoms with Crippen LogP contribution in [0.2, 0.25) is 62.8 Å². The lowest BCUT2D eigenvalue weighted by atomic mass is 10.4.